The summed E-state index contributed by atoms with van der Waals surface area (Å²) in [5.74, 6) is 1.58. The van der Waals surface area contributed by atoms with Crippen LogP contribution in [-0.2, 0) is 0 Å². The largest absolute Gasteiger partial charge is 0.396 e. The average Bonchev–Trinajstić information content (AvgIpc) is 3.08. The molecule has 21 heavy (non-hydrogen) atoms. The molecule has 0 spiro atoms. The van der Waals surface area contributed by atoms with Crippen molar-refractivity contribution in [3.63, 3.8) is 0 Å². The summed E-state index contributed by atoms with van der Waals surface area (Å²) in [6.45, 7) is 6.40. The lowest BCUT2D eigenvalue weighted by Gasteiger charge is -2.18. The predicted molar refractivity (Wildman–Crippen MR) is 85.7 cm³/mol. The van der Waals surface area contributed by atoms with Gasteiger partial charge in [-0.3, -0.25) is 4.79 Å². The molecular formula is C16H21N3OS. The Kier molecular flexibility index (Phi) is 3.66. The van der Waals surface area contributed by atoms with Gasteiger partial charge >= 0.3 is 0 Å². The summed E-state index contributed by atoms with van der Waals surface area (Å²) >= 11 is 1.43. The number of nitrogen functional groups attached to an aromatic ring is 1. The van der Waals surface area contributed by atoms with Crippen molar-refractivity contribution < 1.29 is 4.79 Å². The first-order chi connectivity index (χ1) is 10.0. The fraction of sp³-hybridized carbons (Fsp3) is 0.625. The first-order valence-electron chi connectivity index (χ1n) is 7.64. The van der Waals surface area contributed by atoms with Gasteiger partial charge in [0.25, 0.3) is 0 Å². The Morgan fingerprint density at radius 1 is 1.43 bits per heavy atom. The summed E-state index contributed by atoms with van der Waals surface area (Å²) in [6.07, 6.45) is 3.07. The maximum Gasteiger partial charge on any atom is 0.178 e. The van der Waals surface area contributed by atoms with Crippen molar-refractivity contribution in [1.82, 2.24) is 0 Å². The van der Waals surface area contributed by atoms with Crippen LogP contribution in [-0.4, -0.2) is 18.9 Å². The van der Waals surface area contributed by atoms with Gasteiger partial charge in [-0.1, -0.05) is 13.8 Å². The second-order valence-corrected chi connectivity index (χ2v) is 7.51. The van der Waals surface area contributed by atoms with Crippen LogP contribution in [0.1, 0.15) is 48.3 Å². The molecule has 1 aliphatic carbocycles. The van der Waals surface area contributed by atoms with Gasteiger partial charge in [-0.15, -0.1) is 11.3 Å². The second-order valence-electron chi connectivity index (χ2n) is 6.51. The van der Waals surface area contributed by atoms with Crippen LogP contribution in [0.15, 0.2) is 0 Å². The summed E-state index contributed by atoms with van der Waals surface area (Å²) in [6, 6.07) is 2.21. The van der Waals surface area contributed by atoms with Gasteiger partial charge in [-0.05, 0) is 31.1 Å². The highest BCUT2D eigenvalue weighted by Gasteiger charge is 2.36. The number of nitrogens with zero attached hydrogens (tertiary/aromatic N) is 2. The van der Waals surface area contributed by atoms with Gasteiger partial charge in [-0.25, -0.2) is 0 Å². The molecule has 0 aromatic carbocycles. The second kappa shape index (κ2) is 5.34. The molecule has 2 fully saturated rings. The number of nitriles is 1. The molecule has 4 nitrogen and oxygen atoms in total. The lowest BCUT2D eigenvalue weighted by Crippen LogP contribution is -2.21. The van der Waals surface area contributed by atoms with Crippen molar-refractivity contribution in [3.8, 4) is 6.07 Å². The fourth-order valence-corrected chi connectivity index (χ4v) is 4.22. The van der Waals surface area contributed by atoms with E-state index in [0.29, 0.717) is 28.0 Å². The third-order valence-corrected chi connectivity index (χ3v) is 5.95. The Morgan fingerprint density at radius 2 is 2.14 bits per heavy atom. The zero-order valence-electron chi connectivity index (χ0n) is 12.6. The van der Waals surface area contributed by atoms with E-state index in [-0.39, 0.29) is 11.7 Å². The van der Waals surface area contributed by atoms with Gasteiger partial charge in [0.15, 0.2) is 5.78 Å². The Hall–Kier alpha value is -1.54. The zero-order chi connectivity index (χ0) is 15.1. The lowest BCUT2D eigenvalue weighted by molar-refractivity contribution is 0.0972. The molecule has 1 saturated carbocycles. The molecule has 1 aromatic heterocycles. The van der Waals surface area contributed by atoms with E-state index in [4.69, 9.17) is 5.73 Å². The Labute approximate surface area is 129 Å². The number of ketones is 1. The molecule has 1 unspecified atom stereocenters. The number of anilines is 2. The summed E-state index contributed by atoms with van der Waals surface area (Å²) in [4.78, 5) is 15.2. The van der Waals surface area contributed by atoms with Crippen LogP contribution in [0.2, 0.25) is 0 Å². The number of nitrogens with two attached hydrogens (primary N) is 1. The number of thiophene rings is 1. The Morgan fingerprint density at radius 3 is 2.67 bits per heavy atom. The third-order valence-electron chi connectivity index (χ3n) is 4.67. The summed E-state index contributed by atoms with van der Waals surface area (Å²) in [7, 11) is 0. The molecule has 0 radical (unpaired) electrons. The van der Waals surface area contributed by atoms with Gasteiger partial charge < -0.3 is 10.6 Å². The van der Waals surface area contributed by atoms with Crippen molar-refractivity contribution in [3.05, 3.63) is 10.4 Å². The molecular weight excluding hydrogens is 282 g/mol. The van der Waals surface area contributed by atoms with Gasteiger partial charge in [0, 0.05) is 19.0 Å². The van der Waals surface area contributed by atoms with Crippen molar-refractivity contribution in [2.45, 2.75) is 33.1 Å². The molecule has 5 heteroatoms. The molecule has 3 rings (SSSR count). The number of carbonyl (C=O) groups is 1. The molecule has 1 aromatic rings. The number of hydrogen-bond donors (Lipinski definition) is 1. The molecule has 1 saturated heterocycles. The molecule has 1 atom stereocenters. The maximum absolute atomic E-state index is 12.3. The van der Waals surface area contributed by atoms with Crippen molar-refractivity contribution in [1.29, 1.82) is 5.26 Å². The zero-order valence-corrected chi connectivity index (χ0v) is 13.4. The molecule has 2 heterocycles. The minimum atomic E-state index is 0.139. The SMILES string of the molecule is CC(C)C1CCN(c2sc(C(=O)C3CC3)c(N)c2C#N)C1. The summed E-state index contributed by atoms with van der Waals surface area (Å²) < 4.78 is 0. The highest BCUT2D eigenvalue weighted by Crippen LogP contribution is 2.44. The molecule has 2 aliphatic rings. The van der Waals surface area contributed by atoms with Gasteiger partial charge in [0.2, 0.25) is 0 Å². The van der Waals surface area contributed by atoms with Crippen molar-refractivity contribution in [2.24, 2.45) is 17.8 Å². The van der Waals surface area contributed by atoms with Crippen molar-refractivity contribution in [2.75, 3.05) is 23.7 Å². The van der Waals surface area contributed by atoms with E-state index in [1.54, 1.807) is 0 Å². The maximum atomic E-state index is 12.3. The standard InChI is InChI=1S/C16H21N3OS/c1-9(2)11-5-6-19(8-11)16-12(7-17)13(18)15(21-16)14(20)10-3-4-10/h9-11H,3-6,8,18H2,1-2H3. The first-order valence-corrected chi connectivity index (χ1v) is 8.46. The van der Waals surface area contributed by atoms with Crippen LogP contribution in [0.3, 0.4) is 0 Å². The first kappa shape index (κ1) is 14.4. The van der Waals surface area contributed by atoms with E-state index in [9.17, 15) is 10.1 Å². The third kappa shape index (κ3) is 2.53. The smallest absolute Gasteiger partial charge is 0.178 e. The van der Waals surface area contributed by atoms with Crippen molar-refractivity contribution >= 4 is 27.8 Å². The molecule has 112 valence electrons. The predicted octanol–water partition coefficient (Wildman–Crippen LogP) is 3.28. The molecule has 0 amide bonds. The van der Waals surface area contributed by atoms with Crippen LogP contribution < -0.4 is 10.6 Å². The van der Waals surface area contributed by atoms with Gasteiger partial charge in [0.1, 0.15) is 16.6 Å². The van der Waals surface area contributed by atoms with E-state index in [1.165, 1.54) is 11.3 Å². The number of hydrogen-bond acceptors (Lipinski definition) is 5. The topological polar surface area (TPSA) is 70.1 Å². The van der Waals surface area contributed by atoms with Gasteiger partial charge in [-0.2, -0.15) is 5.26 Å². The Bertz CT molecular complexity index is 610. The van der Waals surface area contributed by atoms with E-state index in [2.05, 4.69) is 24.8 Å². The monoisotopic (exact) mass is 303 g/mol. The average molecular weight is 303 g/mol. The number of Topliss-reactive ketones (excluding diaryl/α,β-unsaturated/α-hetero) is 1. The van der Waals surface area contributed by atoms with Crippen LogP contribution in [0, 0.1) is 29.1 Å². The van der Waals surface area contributed by atoms with E-state index in [1.807, 2.05) is 0 Å². The van der Waals surface area contributed by atoms with Crippen LogP contribution in [0.5, 0.6) is 0 Å². The van der Waals surface area contributed by atoms with E-state index >= 15 is 0 Å². The molecule has 1 aliphatic heterocycles. The number of rotatable bonds is 4. The summed E-state index contributed by atoms with van der Waals surface area (Å²) in [5.41, 5.74) is 7.00. The van der Waals surface area contributed by atoms with Crippen LogP contribution in [0.25, 0.3) is 0 Å². The van der Waals surface area contributed by atoms with Gasteiger partial charge in [0.05, 0.1) is 10.6 Å². The molecule has 2 N–H and O–H groups in total. The van der Waals surface area contributed by atoms with Crippen LogP contribution in [0.4, 0.5) is 10.7 Å². The van der Waals surface area contributed by atoms with E-state index in [0.717, 1.165) is 37.4 Å². The lowest BCUT2D eigenvalue weighted by atomic mass is 9.95. The molecule has 0 bridgehead atoms. The minimum absolute atomic E-state index is 0.139. The normalized spacial score (nSPS) is 21.8. The number of carbonyl (C=O) groups excluding carboxylic acids is 1. The quantitative estimate of drug-likeness (QED) is 0.867. The minimum Gasteiger partial charge on any atom is -0.396 e. The highest BCUT2D eigenvalue weighted by molar-refractivity contribution is 7.19. The summed E-state index contributed by atoms with van der Waals surface area (Å²) in [5, 5.41) is 10.3. The highest BCUT2D eigenvalue weighted by atomic mass is 32.1. The Balaban J connectivity index is 1.90. The van der Waals surface area contributed by atoms with E-state index < -0.39 is 0 Å². The van der Waals surface area contributed by atoms with Crippen LogP contribution >= 0.6 is 11.3 Å². The fourth-order valence-electron chi connectivity index (χ4n) is 2.99.